The molecule has 0 heterocycles. The van der Waals surface area contributed by atoms with Crippen LogP contribution in [-0.2, 0) is 16.0 Å². The van der Waals surface area contributed by atoms with Gasteiger partial charge < -0.3 is 9.84 Å². The Morgan fingerprint density at radius 2 is 1.89 bits per heavy atom. The van der Waals surface area contributed by atoms with E-state index in [1.807, 2.05) is 26.0 Å². The first-order valence-electron chi connectivity index (χ1n) is 6.32. The van der Waals surface area contributed by atoms with E-state index < -0.39 is 11.5 Å². The van der Waals surface area contributed by atoms with Crippen LogP contribution in [0.4, 0.5) is 0 Å². The third kappa shape index (κ3) is 4.22. The van der Waals surface area contributed by atoms with E-state index in [0.29, 0.717) is 11.4 Å². The molecule has 1 aromatic carbocycles. The number of halogens is 1. The van der Waals surface area contributed by atoms with Crippen LogP contribution < -0.4 is 0 Å². The van der Waals surface area contributed by atoms with E-state index in [-0.39, 0.29) is 11.9 Å². The summed E-state index contributed by atoms with van der Waals surface area (Å²) in [5, 5.41) is 11.3. The smallest absolute Gasteiger partial charge is 0.311 e. The molecule has 0 saturated carbocycles. The fourth-order valence-corrected chi connectivity index (χ4v) is 2.62. The second kappa shape index (κ2) is 6.40. The van der Waals surface area contributed by atoms with Gasteiger partial charge >= 0.3 is 5.97 Å². The fourth-order valence-electron chi connectivity index (χ4n) is 2.50. The molecular weight excluding hydrogens is 264 g/mol. The van der Waals surface area contributed by atoms with Crippen LogP contribution >= 0.6 is 11.6 Å². The predicted octanol–water partition coefficient (Wildman–Crippen LogP) is 3.08. The molecule has 0 amide bonds. The van der Waals surface area contributed by atoms with Crippen LogP contribution in [0, 0.1) is 11.8 Å². The van der Waals surface area contributed by atoms with Crippen LogP contribution in [0.25, 0.3) is 0 Å². The minimum Gasteiger partial charge on any atom is -0.469 e. The Labute approximate surface area is 119 Å². The van der Waals surface area contributed by atoms with Gasteiger partial charge in [0.1, 0.15) is 0 Å². The first kappa shape index (κ1) is 16.0. The monoisotopic (exact) mass is 284 g/mol. The number of esters is 1. The molecule has 0 aliphatic heterocycles. The molecule has 19 heavy (non-hydrogen) atoms. The third-order valence-corrected chi connectivity index (χ3v) is 3.52. The van der Waals surface area contributed by atoms with Gasteiger partial charge in [-0.2, -0.15) is 0 Å². The van der Waals surface area contributed by atoms with Gasteiger partial charge in [0.2, 0.25) is 0 Å². The van der Waals surface area contributed by atoms with Crippen molar-refractivity contribution >= 4 is 17.6 Å². The molecule has 1 N–H and O–H groups in total. The van der Waals surface area contributed by atoms with E-state index in [9.17, 15) is 9.90 Å². The van der Waals surface area contributed by atoms with Crippen molar-refractivity contribution in [1.82, 2.24) is 0 Å². The summed E-state index contributed by atoms with van der Waals surface area (Å²) in [7, 11) is 1.34. The third-order valence-electron chi connectivity index (χ3n) is 3.27. The zero-order valence-electron chi connectivity index (χ0n) is 11.8. The van der Waals surface area contributed by atoms with Crippen molar-refractivity contribution in [2.24, 2.45) is 11.8 Å². The normalized spacial score (nSPS) is 15.9. The molecule has 2 unspecified atom stereocenters. The van der Waals surface area contributed by atoms with Gasteiger partial charge in [-0.25, -0.2) is 0 Å². The van der Waals surface area contributed by atoms with E-state index in [0.717, 1.165) is 5.56 Å². The quantitative estimate of drug-likeness (QED) is 0.845. The van der Waals surface area contributed by atoms with Crippen molar-refractivity contribution in [3.63, 3.8) is 0 Å². The van der Waals surface area contributed by atoms with Gasteiger partial charge in [0.15, 0.2) is 0 Å². The topological polar surface area (TPSA) is 46.5 Å². The molecule has 0 saturated heterocycles. The van der Waals surface area contributed by atoms with Crippen molar-refractivity contribution in [3.8, 4) is 0 Å². The molecular formula is C15H21ClO3. The molecule has 0 aromatic heterocycles. The van der Waals surface area contributed by atoms with Gasteiger partial charge in [0, 0.05) is 11.4 Å². The van der Waals surface area contributed by atoms with Crippen LogP contribution in [0.3, 0.4) is 0 Å². The number of aliphatic hydroxyl groups is 1. The molecule has 2 atom stereocenters. The predicted molar refractivity (Wildman–Crippen MR) is 76.1 cm³/mol. The van der Waals surface area contributed by atoms with E-state index in [1.165, 1.54) is 7.11 Å². The summed E-state index contributed by atoms with van der Waals surface area (Å²) in [6.07, 6.45) is 0.377. The standard InChI is InChI=1S/C15H21ClO3/c1-10(2)13(14(17)19-4)15(3,18)9-11-5-7-12(16)8-6-11/h5-8,10,13,18H,9H2,1-4H3. The zero-order valence-corrected chi connectivity index (χ0v) is 12.6. The number of benzene rings is 1. The van der Waals surface area contributed by atoms with Crippen LogP contribution in [0.1, 0.15) is 26.3 Å². The SMILES string of the molecule is COC(=O)C(C(C)C)C(C)(O)Cc1ccc(Cl)cc1. The van der Waals surface area contributed by atoms with Crippen LogP contribution in [-0.4, -0.2) is 23.8 Å². The Morgan fingerprint density at radius 1 is 1.37 bits per heavy atom. The van der Waals surface area contributed by atoms with Gasteiger partial charge in [0.05, 0.1) is 18.6 Å². The molecule has 1 rings (SSSR count). The molecule has 0 bridgehead atoms. The lowest BCUT2D eigenvalue weighted by molar-refractivity contribution is -0.157. The lowest BCUT2D eigenvalue weighted by Crippen LogP contribution is -2.45. The van der Waals surface area contributed by atoms with E-state index >= 15 is 0 Å². The number of carbonyl (C=O) groups excluding carboxylic acids is 1. The molecule has 106 valence electrons. The highest BCUT2D eigenvalue weighted by Gasteiger charge is 2.40. The summed E-state index contributed by atoms with van der Waals surface area (Å²) in [6, 6.07) is 7.25. The Balaban J connectivity index is 2.94. The Kier molecular flexibility index (Phi) is 5.39. The van der Waals surface area contributed by atoms with Gasteiger partial charge in [-0.15, -0.1) is 0 Å². The van der Waals surface area contributed by atoms with Crippen molar-refractivity contribution in [3.05, 3.63) is 34.9 Å². The fraction of sp³-hybridized carbons (Fsp3) is 0.533. The molecule has 3 nitrogen and oxygen atoms in total. The van der Waals surface area contributed by atoms with E-state index in [1.54, 1.807) is 19.1 Å². The summed E-state index contributed by atoms with van der Waals surface area (Å²) < 4.78 is 4.80. The second-order valence-corrected chi connectivity index (χ2v) is 5.84. The highest BCUT2D eigenvalue weighted by atomic mass is 35.5. The highest BCUT2D eigenvalue weighted by Crippen LogP contribution is 2.30. The largest absolute Gasteiger partial charge is 0.469 e. The summed E-state index contributed by atoms with van der Waals surface area (Å²) in [4.78, 5) is 11.8. The van der Waals surface area contributed by atoms with E-state index in [2.05, 4.69) is 0 Å². The molecule has 4 heteroatoms. The van der Waals surface area contributed by atoms with Gasteiger partial charge in [-0.3, -0.25) is 4.79 Å². The van der Waals surface area contributed by atoms with Crippen LogP contribution in [0.2, 0.25) is 5.02 Å². The number of methoxy groups -OCH3 is 1. The minimum atomic E-state index is -1.16. The summed E-state index contributed by atoms with van der Waals surface area (Å²) >= 11 is 5.83. The van der Waals surface area contributed by atoms with Crippen molar-refractivity contribution in [1.29, 1.82) is 0 Å². The van der Waals surface area contributed by atoms with Gasteiger partial charge in [-0.05, 0) is 30.5 Å². The number of carbonyl (C=O) groups is 1. The Morgan fingerprint density at radius 3 is 2.32 bits per heavy atom. The number of rotatable bonds is 5. The molecule has 0 fully saturated rings. The maximum Gasteiger partial charge on any atom is 0.311 e. The lowest BCUT2D eigenvalue weighted by atomic mass is 9.77. The minimum absolute atomic E-state index is 0.00486. The molecule has 0 spiro atoms. The zero-order chi connectivity index (χ0) is 14.6. The Bertz CT molecular complexity index is 424. The van der Waals surface area contributed by atoms with Crippen molar-refractivity contribution in [2.45, 2.75) is 32.8 Å². The summed E-state index contributed by atoms with van der Waals surface area (Å²) in [5.41, 5.74) is -0.223. The second-order valence-electron chi connectivity index (χ2n) is 5.41. The number of hydrogen-bond donors (Lipinski definition) is 1. The molecule has 1 aromatic rings. The van der Waals surface area contributed by atoms with E-state index in [4.69, 9.17) is 16.3 Å². The molecule has 0 aliphatic carbocycles. The summed E-state index contributed by atoms with van der Waals surface area (Å²) in [5.74, 6) is -0.947. The van der Waals surface area contributed by atoms with Crippen LogP contribution in [0.15, 0.2) is 24.3 Å². The van der Waals surface area contributed by atoms with Crippen molar-refractivity contribution in [2.75, 3.05) is 7.11 Å². The van der Waals surface area contributed by atoms with Gasteiger partial charge in [0.25, 0.3) is 0 Å². The average Bonchev–Trinajstić information content (AvgIpc) is 2.30. The van der Waals surface area contributed by atoms with Crippen LogP contribution in [0.5, 0.6) is 0 Å². The lowest BCUT2D eigenvalue weighted by Gasteiger charge is -2.33. The first-order chi connectivity index (χ1) is 8.77. The number of ether oxygens (including phenoxy) is 1. The molecule has 0 aliphatic rings. The number of hydrogen-bond acceptors (Lipinski definition) is 3. The maximum absolute atomic E-state index is 11.8. The average molecular weight is 285 g/mol. The molecule has 0 radical (unpaired) electrons. The van der Waals surface area contributed by atoms with Crippen molar-refractivity contribution < 1.29 is 14.6 Å². The van der Waals surface area contributed by atoms with Gasteiger partial charge in [-0.1, -0.05) is 37.6 Å². The maximum atomic E-state index is 11.8. The summed E-state index contributed by atoms with van der Waals surface area (Å²) in [6.45, 7) is 5.47. The Hall–Kier alpha value is -1.06. The first-order valence-corrected chi connectivity index (χ1v) is 6.70. The highest BCUT2D eigenvalue weighted by molar-refractivity contribution is 6.30.